The molecule has 1 N–H and O–H groups in total. The third-order valence-corrected chi connectivity index (χ3v) is 3.92. The zero-order valence-electron chi connectivity index (χ0n) is 12.1. The van der Waals surface area contributed by atoms with E-state index in [2.05, 4.69) is 22.3 Å². The molecule has 2 aromatic carbocycles. The first-order chi connectivity index (χ1) is 10.2. The molecule has 0 heterocycles. The average molecular weight is 319 g/mol. The van der Waals surface area contributed by atoms with Crippen molar-refractivity contribution < 1.29 is 0 Å². The quantitative estimate of drug-likeness (QED) is 0.830. The highest BCUT2D eigenvalue weighted by Crippen LogP contribution is 2.18. The van der Waals surface area contributed by atoms with E-state index in [1.165, 1.54) is 5.56 Å². The van der Waals surface area contributed by atoms with Crippen LogP contribution in [0.2, 0.25) is 5.02 Å². The molecule has 0 aromatic heterocycles. The number of nitrogens with zero attached hydrogens (tertiary/aromatic N) is 1. The Morgan fingerprint density at radius 3 is 2.38 bits per heavy atom. The molecule has 2 rings (SSSR count). The molecule has 0 saturated heterocycles. The van der Waals surface area contributed by atoms with Crippen LogP contribution in [0.1, 0.15) is 18.1 Å². The molecular formula is C17H19ClN2S. The summed E-state index contributed by atoms with van der Waals surface area (Å²) in [6, 6.07) is 18.2. The van der Waals surface area contributed by atoms with Crippen molar-refractivity contribution in [2.45, 2.75) is 20.0 Å². The minimum Gasteiger partial charge on any atom is -0.363 e. The molecule has 0 saturated carbocycles. The molecule has 0 amide bonds. The van der Waals surface area contributed by atoms with Gasteiger partial charge in [-0.25, -0.2) is 0 Å². The van der Waals surface area contributed by atoms with Gasteiger partial charge in [-0.05, 0) is 36.3 Å². The fourth-order valence-electron chi connectivity index (χ4n) is 2.10. The largest absolute Gasteiger partial charge is 0.363 e. The van der Waals surface area contributed by atoms with Gasteiger partial charge in [-0.15, -0.1) is 0 Å². The predicted octanol–water partition coefficient (Wildman–Crippen LogP) is 4.24. The van der Waals surface area contributed by atoms with E-state index >= 15 is 0 Å². The molecule has 0 spiro atoms. The van der Waals surface area contributed by atoms with Gasteiger partial charge < -0.3 is 10.2 Å². The average Bonchev–Trinajstić information content (AvgIpc) is 2.50. The number of thiocarbonyl (C=S) groups is 1. The van der Waals surface area contributed by atoms with Crippen LogP contribution >= 0.6 is 23.8 Å². The van der Waals surface area contributed by atoms with Gasteiger partial charge in [-0.2, -0.15) is 0 Å². The smallest absolute Gasteiger partial charge is 0.169 e. The molecule has 110 valence electrons. The first kappa shape index (κ1) is 15.8. The lowest BCUT2D eigenvalue weighted by molar-refractivity contribution is 0.400. The summed E-state index contributed by atoms with van der Waals surface area (Å²) in [6.45, 7) is 4.31. The highest BCUT2D eigenvalue weighted by atomic mass is 35.5. The Morgan fingerprint density at radius 1 is 1.05 bits per heavy atom. The van der Waals surface area contributed by atoms with Crippen LogP contribution in [-0.2, 0) is 13.1 Å². The second-order valence-corrected chi connectivity index (χ2v) is 5.56. The fraction of sp³-hybridized carbons (Fsp3) is 0.235. The Bertz CT molecular complexity index is 586. The van der Waals surface area contributed by atoms with Gasteiger partial charge in [0, 0.05) is 24.7 Å². The van der Waals surface area contributed by atoms with Gasteiger partial charge >= 0.3 is 0 Å². The third-order valence-electron chi connectivity index (χ3n) is 3.15. The number of hydrogen-bond acceptors (Lipinski definition) is 1. The van der Waals surface area contributed by atoms with Gasteiger partial charge in [0.15, 0.2) is 5.11 Å². The van der Waals surface area contributed by atoms with Crippen LogP contribution in [0.4, 0.5) is 0 Å². The highest BCUT2D eigenvalue weighted by Gasteiger charge is 2.12. The maximum atomic E-state index is 6.26. The van der Waals surface area contributed by atoms with Crippen molar-refractivity contribution in [3.05, 3.63) is 70.7 Å². The predicted molar refractivity (Wildman–Crippen MR) is 93.4 cm³/mol. The zero-order valence-corrected chi connectivity index (χ0v) is 13.6. The molecule has 0 atom stereocenters. The van der Waals surface area contributed by atoms with E-state index in [1.807, 2.05) is 49.4 Å². The molecule has 0 aliphatic carbocycles. The Morgan fingerprint density at radius 2 is 1.71 bits per heavy atom. The van der Waals surface area contributed by atoms with Gasteiger partial charge in [-0.3, -0.25) is 0 Å². The molecule has 0 radical (unpaired) electrons. The summed E-state index contributed by atoms with van der Waals surface area (Å²) in [7, 11) is 0. The molecule has 0 aliphatic rings. The lowest BCUT2D eigenvalue weighted by Gasteiger charge is -2.26. The summed E-state index contributed by atoms with van der Waals surface area (Å²) in [6.07, 6.45) is 0. The fourth-order valence-corrected chi connectivity index (χ4v) is 2.57. The molecular weight excluding hydrogens is 300 g/mol. The molecule has 0 bridgehead atoms. The van der Waals surface area contributed by atoms with Gasteiger partial charge in [0.1, 0.15) is 0 Å². The minimum absolute atomic E-state index is 0.695. The SMILES string of the molecule is CCNC(=S)N(Cc1ccccc1)Cc1ccccc1Cl. The minimum atomic E-state index is 0.695. The van der Waals surface area contributed by atoms with Crippen molar-refractivity contribution in [1.82, 2.24) is 10.2 Å². The molecule has 2 nitrogen and oxygen atoms in total. The number of nitrogens with one attached hydrogen (secondary N) is 1. The lowest BCUT2D eigenvalue weighted by Crippen LogP contribution is -2.38. The molecule has 0 unspecified atom stereocenters. The highest BCUT2D eigenvalue weighted by molar-refractivity contribution is 7.80. The topological polar surface area (TPSA) is 15.3 Å². The van der Waals surface area contributed by atoms with Crippen LogP contribution in [0.15, 0.2) is 54.6 Å². The van der Waals surface area contributed by atoms with Crippen molar-refractivity contribution in [3.8, 4) is 0 Å². The molecule has 4 heteroatoms. The standard InChI is InChI=1S/C17H19ClN2S/c1-2-19-17(21)20(12-14-8-4-3-5-9-14)13-15-10-6-7-11-16(15)18/h3-11H,2,12-13H2,1H3,(H,19,21). The van der Waals surface area contributed by atoms with Crippen LogP contribution in [-0.4, -0.2) is 16.6 Å². The summed E-state index contributed by atoms with van der Waals surface area (Å²) < 4.78 is 0. The number of rotatable bonds is 5. The van der Waals surface area contributed by atoms with Gasteiger partial charge in [0.05, 0.1) is 0 Å². The number of benzene rings is 2. The van der Waals surface area contributed by atoms with Gasteiger partial charge in [0.2, 0.25) is 0 Å². The van der Waals surface area contributed by atoms with Crippen molar-refractivity contribution in [3.63, 3.8) is 0 Å². The van der Waals surface area contributed by atoms with Crippen molar-refractivity contribution in [2.24, 2.45) is 0 Å². The van der Waals surface area contributed by atoms with E-state index < -0.39 is 0 Å². The molecule has 0 aliphatic heterocycles. The van der Waals surface area contributed by atoms with Crippen molar-refractivity contribution >= 4 is 28.9 Å². The molecule has 2 aromatic rings. The van der Waals surface area contributed by atoms with E-state index in [9.17, 15) is 0 Å². The first-order valence-electron chi connectivity index (χ1n) is 7.00. The number of hydrogen-bond donors (Lipinski definition) is 1. The van der Waals surface area contributed by atoms with E-state index in [-0.39, 0.29) is 0 Å². The maximum Gasteiger partial charge on any atom is 0.169 e. The molecule has 21 heavy (non-hydrogen) atoms. The normalized spacial score (nSPS) is 10.2. The monoisotopic (exact) mass is 318 g/mol. The Hall–Kier alpha value is -1.58. The Balaban J connectivity index is 2.16. The first-order valence-corrected chi connectivity index (χ1v) is 7.79. The van der Waals surface area contributed by atoms with Crippen LogP contribution in [0.3, 0.4) is 0 Å². The van der Waals surface area contributed by atoms with Crippen LogP contribution in [0.25, 0.3) is 0 Å². The van der Waals surface area contributed by atoms with Crippen molar-refractivity contribution in [2.75, 3.05) is 6.54 Å². The summed E-state index contributed by atoms with van der Waals surface area (Å²) in [5.74, 6) is 0. The second kappa shape index (κ2) is 8.01. The van der Waals surface area contributed by atoms with Crippen molar-refractivity contribution in [1.29, 1.82) is 0 Å². The van der Waals surface area contributed by atoms with E-state index in [4.69, 9.17) is 23.8 Å². The van der Waals surface area contributed by atoms with Gasteiger partial charge in [0.25, 0.3) is 0 Å². The maximum absolute atomic E-state index is 6.26. The van der Waals surface area contributed by atoms with E-state index in [0.29, 0.717) is 6.54 Å². The summed E-state index contributed by atoms with van der Waals surface area (Å²) >= 11 is 11.8. The van der Waals surface area contributed by atoms with E-state index in [0.717, 1.165) is 28.8 Å². The number of halogens is 1. The van der Waals surface area contributed by atoms with Crippen LogP contribution in [0, 0.1) is 0 Å². The lowest BCUT2D eigenvalue weighted by atomic mass is 10.2. The van der Waals surface area contributed by atoms with Gasteiger partial charge in [-0.1, -0.05) is 60.1 Å². The summed E-state index contributed by atoms with van der Waals surface area (Å²) in [4.78, 5) is 2.13. The van der Waals surface area contributed by atoms with Crippen LogP contribution in [0.5, 0.6) is 0 Å². The summed E-state index contributed by atoms with van der Waals surface area (Å²) in [5.41, 5.74) is 2.31. The third kappa shape index (κ3) is 4.73. The zero-order chi connectivity index (χ0) is 15.1. The summed E-state index contributed by atoms with van der Waals surface area (Å²) in [5, 5.41) is 4.74. The second-order valence-electron chi connectivity index (χ2n) is 4.77. The van der Waals surface area contributed by atoms with Crippen LogP contribution < -0.4 is 5.32 Å². The molecule has 0 fully saturated rings. The Labute approximate surface area is 136 Å². The van der Waals surface area contributed by atoms with E-state index in [1.54, 1.807) is 0 Å². The Kier molecular flexibility index (Phi) is 6.03.